The van der Waals surface area contributed by atoms with Gasteiger partial charge in [0.05, 0.1) is 33.9 Å². The lowest BCUT2D eigenvalue weighted by Gasteiger charge is -2.22. The first-order chi connectivity index (χ1) is 14.7. The van der Waals surface area contributed by atoms with Crippen molar-refractivity contribution in [3.05, 3.63) is 46.0 Å². The van der Waals surface area contributed by atoms with Crippen molar-refractivity contribution in [2.45, 2.75) is 39.3 Å². The molecule has 0 saturated heterocycles. The van der Waals surface area contributed by atoms with Crippen molar-refractivity contribution in [2.24, 2.45) is 0 Å². The van der Waals surface area contributed by atoms with Gasteiger partial charge in [0.2, 0.25) is 5.75 Å². The van der Waals surface area contributed by atoms with Gasteiger partial charge in [-0.2, -0.15) is 0 Å². The summed E-state index contributed by atoms with van der Waals surface area (Å²) < 4.78 is 22.3. The molecule has 0 aromatic heterocycles. The van der Waals surface area contributed by atoms with E-state index in [1.165, 1.54) is 0 Å². The van der Waals surface area contributed by atoms with Crippen molar-refractivity contribution >= 4 is 11.6 Å². The third-order valence-electron chi connectivity index (χ3n) is 5.21. The minimum atomic E-state index is -0.623. The second-order valence-electron chi connectivity index (χ2n) is 8.09. The van der Waals surface area contributed by atoms with Gasteiger partial charge in [0.1, 0.15) is 31.5 Å². The third-order valence-corrected chi connectivity index (χ3v) is 5.61. The molecule has 0 heterocycles. The number of quaternary nitrogens is 1. The Bertz CT molecular complexity index is 872. The molecule has 0 amide bonds. The summed E-state index contributed by atoms with van der Waals surface area (Å²) in [5, 5.41) is 11.3. The summed E-state index contributed by atoms with van der Waals surface area (Å²) in [6.45, 7) is 7.52. The number of aliphatic hydroxyl groups excluding tert-OH is 1. The van der Waals surface area contributed by atoms with E-state index in [1.807, 2.05) is 38.2 Å². The van der Waals surface area contributed by atoms with Crippen molar-refractivity contribution < 1.29 is 29.0 Å². The van der Waals surface area contributed by atoms with Crippen LogP contribution < -0.4 is 23.8 Å². The molecule has 0 aliphatic rings. The highest BCUT2D eigenvalue weighted by molar-refractivity contribution is 6.31. The van der Waals surface area contributed by atoms with Crippen molar-refractivity contribution in [1.82, 2.24) is 0 Å². The minimum Gasteiger partial charge on any atom is -0.493 e. The Hall–Kier alpha value is -2.15. The van der Waals surface area contributed by atoms with E-state index in [9.17, 15) is 5.11 Å². The van der Waals surface area contributed by atoms with Crippen LogP contribution in [0.25, 0.3) is 0 Å². The fourth-order valence-electron chi connectivity index (χ4n) is 3.59. The van der Waals surface area contributed by atoms with Crippen LogP contribution in [0.1, 0.15) is 36.5 Å². The molecule has 2 atom stereocenters. The van der Waals surface area contributed by atoms with Crippen LogP contribution in [0.2, 0.25) is 5.02 Å². The van der Waals surface area contributed by atoms with Gasteiger partial charge >= 0.3 is 0 Å². The summed E-state index contributed by atoms with van der Waals surface area (Å²) in [5.74, 6) is 2.88. The van der Waals surface area contributed by atoms with Gasteiger partial charge in [0.25, 0.3) is 0 Å². The molecular weight excluding hydrogens is 418 g/mol. The molecule has 0 bridgehead atoms. The number of benzene rings is 2. The molecule has 0 fully saturated rings. The molecule has 2 aromatic carbocycles. The van der Waals surface area contributed by atoms with E-state index in [4.69, 9.17) is 30.5 Å². The largest absolute Gasteiger partial charge is 0.493 e. The third kappa shape index (κ3) is 6.42. The van der Waals surface area contributed by atoms with Crippen LogP contribution in [-0.2, 0) is 6.54 Å². The molecule has 7 heteroatoms. The van der Waals surface area contributed by atoms with Crippen molar-refractivity contribution in [3.63, 3.8) is 0 Å². The average molecular weight is 453 g/mol. The number of aryl methyl sites for hydroxylation is 1. The molecule has 31 heavy (non-hydrogen) atoms. The zero-order valence-corrected chi connectivity index (χ0v) is 20.3. The van der Waals surface area contributed by atoms with Gasteiger partial charge in [-0.15, -0.1) is 0 Å². The van der Waals surface area contributed by atoms with E-state index >= 15 is 0 Å². The van der Waals surface area contributed by atoms with E-state index in [0.29, 0.717) is 30.3 Å². The van der Waals surface area contributed by atoms with Crippen LogP contribution in [0.5, 0.6) is 23.0 Å². The molecular formula is C24H35ClNO5+. The van der Waals surface area contributed by atoms with Gasteiger partial charge in [0.15, 0.2) is 11.5 Å². The number of aliphatic hydroxyl groups is 1. The Morgan fingerprint density at radius 3 is 2.26 bits per heavy atom. The first kappa shape index (κ1) is 25.1. The van der Waals surface area contributed by atoms with E-state index in [-0.39, 0.29) is 12.5 Å². The monoisotopic (exact) mass is 452 g/mol. The Kier molecular flexibility index (Phi) is 9.29. The lowest BCUT2D eigenvalue weighted by molar-refractivity contribution is -0.897. The van der Waals surface area contributed by atoms with Crippen LogP contribution in [0.15, 0.2) is 24.3 Å². The maximum atomic E-state index is 10.6. The van der Waals surface area contributed by atoms with Crippen molar-refractivity contribution in [1.29, 1.82) is 0 Å². The van der Waals surface area contributed by atoms with Gasteiger partial charge in [-0.05, 0) is 48.2 Å². The van der Waals surface area contributed by atoms with E-state index in [0.717, 1.165) is 32.4 Å². The van der Waals surface area contributed by atoms with Crippen LogP contribution in [0.3, 0.4) is 0 Å². The number of methoxy groups -OCH3 is 3. The highest BCUT2D eigenvalue weighted by Crippen LogP contribution is 2.39. The van der Waals surface area contributed by atoms with Gasteiger partial charge in [-0.3, -0.25) is 0 Å². The van der Waals surface area contributed by atoms with Crippen LogP contribution >= 0.6 is 11.6 Å². The molecule has 0 aliphatic heterocycles. The Labute approximate surface area is 190 Å². The standard InChI is InChI=1S/C24H34ClNO5/c1-15(2)19-11-20(25)16(3)10-22(19)31-14-18(27)13-26(4)12-17-8-9-21(28-5)24(30-7)23(17)29-6/h8-11,15,18,27H,12-14H2,1-7H3/p+1/t18-/m1/s1. The molecule has 6 nitrogen and oxygen atoms in total. The van der Waals surface area contributed by atoms with Gasteiger partial charge in [0, 0.05) is 5.02 Å². The summed E-state index contributed by atoms with van der Waals surface area (Å²) in [4.78, 5) is 1.11. The molecule has 2 rings (SSSR count). The first-order valence-electron chi connectivity index (χ1n) is 10.4. The Morgan fingerprint density at radius 1 is 1.00 bits per heavy atom. The number of ether oxygens (including phenoxy) is 4. The topological polar surface area (TPSA) is 61.6 Å². The summed E-state index contributed by atoms with van der Waals surface area (Å²) in [6.07, 6.45) is -0.623. The van der Waals surface area contributed by atoms with Crippen molar-refractivity contribution in [2.75, 3.05) is 41.5 Å². The predicted octanol–water partition coefficient (Wildman–Crippen LogP) is 3.25. The van der Waals surface area contributed by atoms with Gasteiger partial charge in [-0.25, -0.2) is 0 Å². The molecule has 2 N–H and O–H groups in total. The Morgan fingerprint density at radius 2 is 1.68 bits per heavy atom. The number of hydrogen-bond donors (Lipinski definition) is 2. The molecule has 2 aromatic rings. The van der Waals surface area contributed by atoms with Crippen LogP contribution in [0.4, 0.5) is 0 Å². The van der Waals surface area contributed by atoms with Crippen molar-refractivity contribution in [3.8, 4) is 23.0 Å². The fourth-order valence-corrected chi connectivity index (χ4v) is 3.77. The SMILES string of the molecule is COc1ccc(C[NH+](C)C[C@@H](O)COc2cc(C)c(Cl)cc2C(C)C)c(OC)c1OC. The number of halogens is 1. The second-order valence-corrected chi connectivity index (χ2v) is 8.50. The zero-order chi connectivity index (χ0) is 23.1. The predicted molar refractivity (Wildman–Crippen MR) is 123 cm³/mol. The second kappa shape index (κ2) is 11.5. The van der Waals surface area contributed by atoms with Gasteiger partial charge in [-0.1, -0.05) is 25.4 Å². The van der Waals surface area contributed by atoms with Crippen LogP contribution in [0, 0.1) is 6.92 Å². The maximum absolute atomic E-state index is 10.6. The molecule has 0 spiro atoms. The van der Waals surface area contributed by atoms with E-state index in [2.05, 4.69) is 13.8 Å². The molecule has 1 unspecified atom stereocenters. The molecule has 0 radical (unpaired) electrons. The quantitative estimate of drug-likeness (QED) is 0.548. The number of likely N-dealkylation sites (N-methyl/N-ethyl adjacent to an activating group) is 1. The zero-order valence-electron chi connectivity index (χ0n) is 19.5. The van der Waals surface area contributed by atoms with E-state index < -0.39 is 6.10 Å². The fraction of sp³-hybridized carbons (Fsp3) is 0.500. The Balaban J connectivity index is 2.03. The summed E-state index contributed by atoms with van der Waals surface area (Å²) in [6, 6.07) is 7.71. The summed E-state index contributed by atoms with van der Waals surface area (Å²) in [5.41, 5.74) is 2.97. The van der Waals surface area contributed by atoms with Gasteiger partial charge < -0.3 is 29.0 Å². The molecule has 172 valence electrons. The molecule has 0 saturated carbocycles. The highest BCUT2D eigenvalue weighted by Gasteiger charge is 2.20. The maximum Gasteiger partial charge on any atom is 0.203 e. The smallest absolute Gasteiger partial charge is 0.203 e. The summed E-state index contributed by atoms with van der Waals surface area (Å²) in [7, 11) is 6.81. The lowest BCUT2D eigenvalue weighted by Crippen LogP contribution is -3.09. The highest BCUT2D eigenvalue weighted by atomic mass is 35.5. The number of hydrogen-bond acceptors (Lipinski definition) is 5. The molecule has 0 aliphatic carbocycles. The normalized spacial score (nSPS) is 13.1. The van der Waals surface area contributed by atoms with E-state index in [1.54, 1.807) is 21.3 Å². The lowest BCUT2D eigenvalue weighted by atomic mass is 10.0. The van der Waals surface area contributed by atoms with Crippen LogP contribution in [-0.4, -0.2) is 52.7 Å². The average Bonchev–Trinajstić information content (AvgIpc) is 2.73. The number of nitrogens with one attached hydrogen (secondary N) is 1. The minimum absolute atomic E-state index is 0.210. The number of rotatable bonds is 11. The summed E-state index contributed by atoms with van der Waals surface area (Å²) >= 11 is 6.27. The first-order valence-corrected chi connectivity index (χ1v) is 10.8.